The normalized spacial score (nSPS) is 11.5. The van der Waals surface area contributed by atoms with E-state index in [1.807, 2.05) is 6.92 Å². The van der Waals surface area contributed by atoms with Gasteiger partial charge < -0.3 is 10.3 Å². The number of carbonyl (C=O) groups excluding carboxylic acids is 1. The molecule has 1 rings (SSSR count). The van der Waals surface area contributed by atoms with Gasteiger partial charge in [0.25, 0.3) is 5.91 Å². The number of nitrogens with one attached hydrogen (secondary N) is 1. The maximum atomic E-state index is 12.3. The molecule has 1 aromatic rings. The van der Waals surface area contributed by atoms with Crippen molar-refractivity contribution < 1.29 is 4.79 Å². The monoisotopic (exact) mass is 261 g/mol. The second-order valence-electron chi connectivity index (χ2n) is 4.45. The van der Waals surface area contributed by atoms with Crippen LogP contribution in [0.1, 0.15) is 29.9 Å². The topological polar surface area (TPSA) is 95.0 Å². The number of nitrogen functional groups attached to an aromatic ring is 1. The van der Waals surface area contributed by atoms with Gasteiger partial charge in [-0.3, -0.25) is 4.79 Å². The van der Waals surface area contributed by atoms with Gasteiger partial charge in [-0.1, -0.05) is 6.92 Å². The minimum absolute atomic E-state index is 0.143. The van der Waals surface area contributed by atoms with E-state index < -0.39 is 0 Å². The lowest BCUT2D eigenvalue weighted by Gasteiger charge is -2.19. The number of rotatable bonds is 5. The molecule has 0 bridgehead atoms. The van der Waals surface area contributed by atoms with Gasteiger partial charge >= 0.3 is 0 Å². The lowest BCUT2D eigenvalue weighted by atomic mass is 10.1. The van der Waals surface area contributed by atoms with Crippen molar-refractivity contribution in [2.75, 3.05) is 19.0 Å². The highest BCUT2D eigenvalue weighted by atomic mass is 16.2. The molecule has 0 fully saturated rings. The first kappa shape index (κ1) is 14.9. The molecule has 1 amide bonds. The number of nitrogens with two attached hydrogens (primary N) is 1. The molecule has 0 saturated heterocycles. The van der Waals surface area contributed by atoms with Gasteiger partial charge in [0.1, 0.15) is 5.82 Å². The molecular weight excluding hydrogens is 242 g/mol. The number of hydrogen-bond donors (Lipinski definition) is 2. The average Bonchev–Trinajstić information content (AvgIpc) is 2.45. The molecule has 0 aliphatic heterocycles. The smallest absolute Gasteiger partial charge is 0.253 e. The Labute approximate surface area is 113 Å². The van der Waals surface area contributed by atoms with Crippen LogP contribution in [0.5, 0.6) is 0 Å². The molecule has 0 aliphatic carbocycles. The van der Waals surface area contributed by atoms with Crippen LogP contribution in [0, 0.1) is 17.2 Å². The molecule has 1 atom stereocenters. The Balaban J connectivity index is 2.95. The van der Waals surface area contributed by atoms with E-state index in [0.717, 1.165) is 5.69 Å². The highest BCUT2D eigenvalue weighted by Gasteiger charge is 2.16. The van der Waals surface area contributed by atoms with Crippen LogP contribution in [-0.4, -0.2) is 29.4 Å². The molecule has 19 heavy (non-hydrogen) atoms. The van der Waals surface area contributed by atoms with E-state index in [-0.39, 0.29) is 11.8 Å². The zero-order chi connectivity index (χ0) is 14.4. The van der Waals surface area contributed by atoms with Crippen molar-refractivity contribution >= 4 is 11.7 Å². The molecule has 6 heteroatoms. The van der Waals surface area contributed by atoms with Crippen LogP contribution in [-0.2, 0) is 6.42 Å². The molecule has 6 nitrogen and oxygen atoms in total. The Bertz CT molecular complexity index is 472. The summed E-state index contributed by atoms with van der Waals surface area (Å²) in [6, 6.07) is 5.46. The maximum Gasteiger partial charge on any atom is 0.253 e. The van der Waals surface area contributed by atoms with E-state index in [2.05, 4.69) is 16.5 Å². The highest BCUT2D eigenvalue weighted by Crippen LogP contribution is 2.13. The minimum Gasteiger partial charge on any atom is -0.340 e. The summed E-state index contributed by atoms with van der Waals surface area (Å²) in [6.07, 6.45) is 0.716. The first-order chi connectivity index (χ1) is 9.01. The van der Waals surface area contributed by atoms with E-state index in [1.54, 1.807) is 26.1 Å². The van der Waals surface area contributed by atoms with Crippen molar-refractivity contribution in [3.63, 3.8) is 0 Å². The first-order valence-corrected chi connectivity index (χ1v) is 6.14. The Kier molecular flexibility index (Phi) is 5.27. The molecule has 1 aromatic heterocycles. The van der Waals surface area contributed by atoms with Crippen molar-refractivity contribution in [2.45, 2.75) is 20.3 Å². The van der Waals surface area contributed by atoms with Crippen molar-refractivity contribution in [2.24, 2.45) is 11.8 Å². The Morgan fingerprint density at radius 1 is 1.63 bits per heavy atom. The minimum atomic E-state index is -0.200. The third kappa shape index (κ3) is 3.93. The second-order valence-corrected chi connectivity index (χ2v) is 4.45. The zero-order valence-electron chi connectivity index (χ0n) is 11.5. The molecular formula is C13H19N5O. The molecule has 0 spiro atoms. The number of nitrogens with zero attached hydrogens (tertiary/aromatic N) is 3. The van der Waals surface area contributed by atoms with Gasteiger partial charge in [-0.05, 0) is 25.5 Å². The van der Waals surface area contributed by atoms with E-state index in [9.17, 15) is 4.79 Å². The second kappa shape index (κ2) is 6.71. The Hall–Kier alpha value is -2.13. The number of nitriles is 1. The van der Waals surface area contributed by atoms with Crippen molar-refractivity contribution in [3.8, 4) is 6.07 Å². The van der Waals surface area contributed by atoms with Crippen LogP contribution >= 0.6 is 0 Å². The van der Waals surface area contributed by atoms with Gasteiger partial charge in [-0.25, -0.2) is 10.8 Å². The first-order valence-electron chi connectivity index (χ1n) is 6.14. The number of amides is 1. The lowest BCUT2D eigenvalue weighted by Crippen LogP contribution is -2.31. The largest absolute Gasteiger partial charge is 0.340 e. The number of hydrazine groups is 1. The zero-order valence-corrected chi connectivity index (χ0v) is 11.5. The molecule has 1 heterocycles. The molecule has 1 unspecified atom stereocenters. The van der Waals surface area contributed by atoms with Gasteiger partial charge in [0.15, 0.2) is 0 Å². The summed E-state index contributed by atoms with van der Waals surface area (Å²) in [6.45, 7) is 4.13. The number of aryl methyl sites for hydroxylation is 1. The summed E-state index contributed by atoms with van der Waals surface area (Å²) in [5.74, 6) is 5.46. The third-order valence-electron chi connectivity index (χ3n) is 2.75. The standard InChI is InChI=1S/C13H19N5O/c1-4-11-5-10(6-12(16-11)17-15)13(19)18(3)8-9(2)7-14/h5-6,9H,4,8,15H2,1-3H3,(H,16,17). The molecule has 0 aliphatic rings. The molecule has 0 aromatic carbocycles. The summed E-state index contributed by atoms with van der Waals surface area (Å²) in [5.41, 5.74) is 3.77. The number of carbonyl (C=O) groups is 1. The molecule has 102 valence electrons. The van der Waals surface area contributed by atoms with E-state index in [4.69, 9.17) is 11.1 Å². The van der Waals surface area contributed by atoms with E-state index in [1.165, 1.54) is 4.90 Å². The summed E-state index contributed by atoms with van der Waals surface area (Å²) in [5, 5.41) is 8.78. The van der Waals surface area contributed by atoms with Crippen LogP contribution in [0.15, 0.2) is 12.1 Å². The van der Waals surface area contributed by atoms with Gasteiger partial charge in [0.05, 0.1) is 12.0 Å². The summed E-state index contributed by atoms with van der Waals surface area (Å²) >= 11 is 0. The van der Waals surface area contributed by atoms with Crippen LogP contribution < -0.4 is 11.3 Å². The summed E-state index contributed by atoms with van der Waals surface area (Å²) < 4.78 is 0. The van der Waals surface area contributed by atoms with Crippen molar-refractivity contribution in [1.82, 2.24) is 9.88 Å². The summed E-state index contributed by atoms with van der Waals surface area (Å²) in [4.78, 5) is 18.0. The van der Waals surface area contributed by atoms with Gasteiger partial charge in [-0.2, -0.15) is 5.26 Å². The Morgan fingerprint density at radius 3 is 2.84 bits per heavy atom. The highest BCUT2D eigenvalue weighted by molar-refractivity contribution is 5.94. The summed E-state index contributed by atoms with van der Waals surface area (Å²) in [7, 11) is 1.68. The fraction of sp³-hybridized carbons (Fsp3) is 0.462. The number of hydrogen-bond acceptors (Lipinski definition) is 5. The molecule has 0 radical (unpaired) electrons. The number of anilines is 1. The maximum absolute atomic E-state index is 12.3. The van der Waals surface area contributed by atoms with Crippen LogP contribution in [0.25, 0.3) is 0 Å². The van der Waals surface area contributed by atoms with Gasteiger partial charge in [0, 0.05) is 24.8 Å². The average molecular weight is 261 g/mol. The number of pyridine rings is 1. The third-order valence-corrected chi connectivity index (χ3v) is 2.75. The van der Waals surface area contributed by atoms with Crippen LogP contribution in [0.2, 0.25) is 0 Å². The molecule has 3 N–H and O–H groups in total. The fourth-order valence-electron chi connectivity index (χ4n) is 1.72. The quantitative estimate of drug-likeness (QED) is 0.612. The molecule has 0 saturated carbocycles. The fourth-order valence-corrected chi connectivity index (χ4v) is 1.72. The SMILES string of the molecule is CCc1cc(C(=O)N(C)CC(C)C#N)cc(NN)n1. The Morgan fingerprint density at radius 2 is 2.32 bits per heavy atom. The predicted molar refractivity (Wildman–Crippen MR) is 73.2 cm³/mol. The van der Waals surface area contributed by atoms with Gasteiger partial charge in [-0.15, -0.1) is 0 Å². The lowest BCUT2D eigenvalue weighted by molar-refractivity contribution is 0.0785. The predicted octanol–water partition coefficient (Wildman–Crippen LogP) is 1.16. The van der Waals surface area contributed by atoms with Crippen molar-refractivity contribution in [3.05, 3.63) is 23.4 Å². The van der Waals surface area contributed by atoms with Crippen molar-refractivity contribution in [1.29, 1.82) is 5.26 Å². The number of aromatic nitrogens is 1. The van der Waals surface area contributed by atoms with E-state index in [0.29, 0.717) is 24.3 Å². The van der Waals surface area contributed by atoms with Crippen LogP contribution in [0.4, 0.5) is 5.82 Å². The van der Waals surface area contributed by atoms with Crippen LogP contribution in [0.3, 0.4) is 0 Å². The van der Waals surface area contributed by atoms with E-state index >= 15 is 0 Å². The van der Waals surface area contributed by atoms with Gasteiger partial charge in [0.2, 0.25) is 0 Å².